The Kier molecular flexibility index (Phi) is 9.94. The van der Waals surface area contributed by atoms with Crippen LogP contribution in [0.15, 0.2) is 152 Å². The SMILES string of the molecule is [2H]c1c([2H])c(C([2H])([2H])[2H])c([2H])c([2H])c1-c1ccnc(-c2[c-]c(-c3cccc4c3nc(-c3cc(C([2H])(C)C)cc(C([2H])(C)C)c3O)n4-c3cc(-c4ccccc4)c(C([2H])([2H])[2H])cc3-c3ccc(C(C)(C)C)cc3)cc(C(C)(C)C)c2)c1.[Pt]. The Morgan fingerprint density at radius 3 is 1.97 bits per heavy atom. The van der Waals surface area contributed by atoms with Crippen molar-refractivity contribution in [2.75, 3.05) is 0 Å². The van der Waals surface area contributed by atoms with Gasteiger partial charge in [-0.15, -0.1) is 29.3 Å². The number of rotatable bonds is 9. The van der Waals surface area contributed by atoms with Crippen LogP contribution in [-0.4, -0.2) is 19.6 Å². The van der Waals surface area contributed by atoms with Crippen LogP contribution in [0.5, 0.6) is 5.75 Å². The minimum absolute atomic E-state index is 0. The number of hydrogen-bond acceptors (Lipinski definition) is 3. The van der Waals surface area contributed by atoms with Crippen LogP contribution in [0.3, 0.4) is 0 Å². The van der Waals surface area contributed by atoms with Gasteiger partial charge in [0.15, 0.2) is 0 Å². The number of hydrogen-bond donors (Lipinski definition) is 1. The molecule has 9 rings (SSSR count). The number of aromatic nitrogens is 3. The fourth-order valence-electron chi connectivity index (χ4n) is 8.70. The molecule has 0 fully saturated rings. The minimum Gasteiger partial charge on any atom is -0.507 e. The number of aryl methyl sites for hydroxylation is 1. The largest absolute Gasteiger partial charge is 0.507 e. The number of imidazole rings is 1. The van der Waals surface area contributed by atoms with Crippen LogP contribution in [0.1, 0.15) is 131 Å². The monoisotopic (exact) mass is 1100 g/mol. The van der Waals surface area contributed by atoms with Gasteiger partial charge in [0.2, 0.25) is 0 Å². The van der Waals surface area contributed by atoms with Crippen molar-refractivity contribution in [2.45, 2.75) is 106 Å². The van der Waals surface area contributed by atoms with Crippen LogP contribution in [0, 0.1) is 19.8 Å². The van der Waals surface area contributed by atoms with Crippen LogP contribution in [0.4, 0.5) is 0 Å². The molecule has 1 N–H and O–H groups in total. The number of aromatic hydroxyl groups is 1. The van der Waals surface area contributed by atoms with Crippen LogP contribution in [0.25, 0.3) is 83.9 Å². The van der Waals surface area contributed by atoms with Crippen molar-refractivity contribution in [2.24, 2.45) is 0 Å². The summed E-state index contributed by atoms with van der Waals surface area (Å²) >= 11 is 0. The average Bonchev–Trinajstić information content (AvgIpc) is 4.03. The third kappa shape index (κ3) is 9.79. The Balaban J connectivity index is 0.00000860. The van der Waals surface area contributed by atoms with E-state index in [2.05, 4.69) is 47.6 Å². The van der Waals surface area contributed by atoms with E-state index in [0.29, 0.717) is 66.9 Å². The second-order valence-electron chi connectivity index (χ2n) is 20.1. The molecule has 0 aliphatic heterocycles. The van der Waals surface area contributed by atoms with E-state index in [1.165, 1.54) is 6.20 Å². The topological polar surface area (TPSA) is 50.9 Å². The maximum absolute atomic E-state index is 12.6. The number of nitrogens with zero attached hydrogens (tertiary/aromatic N) is 3. The molecule has 0 bridgehead atoms. The van der Waals surface area contributed by atoms with Gasteiger partial charge < -0.3 is 5.11 Å². The van der Waals surface area contributed by atoms with E-state index in [1.54, 1.807) is 58.0 Å². The maximum Gasteiger partial charge on any atom is 0.148 e. The summed E-state index contributed by atoms with van der Waals surface area (Å²) in [5, 5.41) is 12.6. The van der Waals surface area contributed by atoms with Crippen LogP contribution in [-0.2, 0) is 31.9 Å². The molecular formula is C64H64N3OPt-. The molecule has 9 aromatic rings. The molecule has 0 radical (unpaired) electrons. The molecule has 0 spiro atoms. The summed E-state index contributed by atoms with van der Waals surface area (Å²) < 4.78 is 106. The molecule has 0 amide bonds. The summed E-state index contributed by atoms with van der Waals surface area (Å²) in [6.45, 7) is 14.0. The molecule has 5 heteroatoms. The van der Waals surface area contributed by atoms with Gasteiger partial charge in [0.1, 0.15) is 11.6 Å². The molecule has 352 valence electrons. The summed E-state index contributed by atoms with van der Waals surface area (Å²) in [5.74, 6) is -2.44. The molecule has 0 saturated heterocycles. The molecule has 7 aromatic carbocycles. The predicted octanol–water partition coefficient (Wildman–Crippen LogP) is 17.4. The van der Waals surface area contributed by atoms with E-state index in [4.69, 9.17) is 23.7 Å². The average molecular weight is 1100 g/mol. The summed E-state index contributed by atoms with van der Waals surface area (Å²) in [6.07, 6.45) is 1.50. The Morgan fingerprint density at radius 2 is 1.32 bits per heavy atom. The van der Waals surface area contributed by atoms with Crippen molar-refractivity contribution in [3.8, 4) is 78.6 Å². The summed E-state index contributed by atoms with van der Waals surface area (Å²) in [7, 11) is 0. The van der Waals surface area contributed by atoms with Gasteiger partial charge in [0, 0.05) is 49.5 Å². The van der Waals surface area contributed by atoms with E-state index in [-0.39, 0.29) is 60.3 Å². The van der Waals surface area contributed by atoms with E-state index < -0.39 is 60.6 Å². The van der Waals surface area contributed by atoms with Gasteiger partial charge in [0.25, 0.3) is 0 Å². The fourth-order valence-corrected chi connectivity index (χ4v) is 8.70. The first kappa shape index (κ1) is 35.7. The van der Waals surface area contributed by atoms with E-state index >= 15 is 0 Å². The summed E-state index contributed by atoms with van der Waals surface area (Å²) in [6, 6.07) is 38.8. The van der Waals surface area contributed by atoms with E-state index in [1.807, 2.05) is 95.6 Å². The zero-order valence-electron chi connectivity index (χ0n) is 52.7. The van der Waals surface area contributed by atoms with Crippen LogP contribution < -0.4 is 0 Å². The molecule has 0 saturated carbocycles. The second kappa shape index (κ2) is 19.2. The standard InChI is InChI=1S/C64H64N3O.Pt/c1-39(2)47-35-53(40(3)4)61(68)56(36-47)62-66-60-52(48-32-49(34-51(33-48)64(10,11)12)57-37-46(29-30-65-57)43-23-21-41(5)22-24-43)19-16-20-58(60)67(62)59-38-54(44-17-14-13-15-18-44)42(6)31-55(59)45-25-27-50(28-26-45)63(7,8)9;/h13-31,33-40,68H,1-12H3;/q-1;/i5D3,6D3,21D,22D,23D,24D,39D,40D;. The van der Waals surface area contributed by atoms with Crippen molar-refractivity contribution in [1.82, 2.24) is 14.5 Å². The van der Waals surface area contributed by atoms with Crippen molar-refractivity contribution >= 4 is 11.0 Å². The van der Waals surface area contributed by atoms with Gasteiger partial charge in [-0.25, -0.2) is 4.98 Å². The molecule has 0 aliphatic carbocycles. The Labute approximate surface area is 441 Å². The molecule has 0 atom stereocenters. The molecule has 4 nitrogen and oxygen atoms in total. The van der Waals surface area contributed by atoms with E-state index in [0.717, 1.165) is 16.7 Å². The van der Waals surface area contributed by atoms with Crippen molar-refractivity contribution in [1.29, 1.82) is 0 Å². The maximum atomic E-state index is 12.6. The number of fused-ring (bicyclic) bond motifs is 1. The minimum atomic E-state index is -2.87. The smallest absolute Gasteiger partial charge is 0.148 e. The summed E-state index contributed by atoms with van der Waals surface area (Å²) in [5.41, 5.74) is 8.29. The van der Waals surface area contributed by atoms with Gasteiger partial charge in [-0.1, -0.05) is 189 Å². The molecule has 2 heterocycles. The fraction of sp³-hybridized carbons (Fsp3) is 0.250. The number of phenols is 1. The van der Waals surface area contributed by atoms with Crippen LogP contribution in [0.2, 0.25) is 0 Å². The first-order chi connectivity index (χ1) is 37.0. The van der Waals surface area contributed by atoms with Gasteiger partial charge in [0.05, 0.1) is 27.8 Å². The number of benzene rings is 7. The summed E-state index contributed by atoms with van der Waals surface area (Å²) in [4.78, 5) is 10.3. The Hall–Kier alpha value is -6.35. The number of phenolic OH excluding ortho intramolecular Hbond substituents is 1. The quantitative estimate of drug-likeness (QED) is 0.147. The molecular weight excluding hydrogens is 1020 g/mol. The zero-order chi connectivity index (χ0) is 58.6. The van der Waals surface area contributed by atoms with Gasteiger partial charge in [-0.2, -0.15) is 0 Å². The van der Waals surface area contributed by atoms with Crippen molar-refractivity contribution in [3.63, 3.8) is 0 Å². The molecule has 0 unspecified atom stereocenters. The van der Waals surface area contributed by atoms with Gasteiger partial charge >= 0.3 is 0 Å². The van der Waals surface area contributed by atoms with Crippen LogP contribution >= 0.6 is 0 Å². The first-order valence-corrected chi connectivity index (χ1v) is 23.0. The Bertz CT molecular complexity index is 3870. The normalized spacial score (nSPS) is 15.2. The second-order valence-corrected chi connectivity index (χ2v) is 20.1. The molecule has 69 heavy (non-hydrogen) atoms. The van der Waals surface area contributed by atoms with Crippen molar-refractivity contribution in [3.05, 3.63) is 191 Å². The van der Waals surface area contributed by atoms with Gasteiger partial charge in [-0.3, -0.25) is 9.55 Å². The Morgan fingerprint density at radius 1 is 0.623 bits per heavy atom. The molecule has 2 aromatic heterocycles. The number of pyridine rings is 1. The first-order valence-electron chi connectivity index (χ1n) is 29.0. The van der Waals surface area contributed by atoms with Crippen molar-refractivity contribution < 1.29 is 42.6 Å². The van der Waals surface area contributed by atoms with E-state index in [9.17, 15) is 7.85 Å². The predicted molar refractivity (Wildman–Crippen MR) is 287 cm³/mol. The number of para-hydroxylation sites is 1. The van der Waals surface area contributed by atoms with Gasteiger partial charge in [-0.05, 0) is 117 Å². The zero-order valence-corrected chi connectivity index (χ0v) is 43.0. The third-order valence-electron chi connectivity index (χ3n) is 12.7. The molecule has 0 aliphatic rings. The third-order valence-corrected chi connectivity index (χ3v) is 12.7.